The number of imidazole rings is 1. The second-order valence-corrected chi connectivity index (χ2v) is 8.71. The smallest absolute Gasteiger partial charge is 0.206 e. The number of nitrogens with zero attached hydrogens (tertiary/aromatic N) is 4. The Morgan fingerprint density at radius 3 is 2.58 bits per heavy atom. The van der Waals surface area contributed by atoms with Crippen LogP contribution in [0.3, 0.4) is 0 Å². The monoisotopic (exact) mass is 434 g/mol. The Morgan fingerprint density at radius 1 is 1.06 bits per heavy atom. The van der Waals surface area contributed by atoms with Crippen LogP contribution in [0.25, 0.3) is 22.6 Å². The SMILES string of the molecule is Cc1c(OCCN(C)Cc2ccccc2)ccnc1-c1nc2ccccc2n1[S+](C)[O-]. The minimum absolute atomic E-state index is 0.559. The lowest BCUT2D eigenvalue weighted by molar-refractivity contribution is 0.232. The minimum Gasteiger partial charge on any atom is -0.593 e. The summed E-state index contributed by atoms with van der Waals surface area (Å²) >= 11 is -1.26. The van der Waals surface area contributed by atoms with Gasteiger partial charge in [-0.3, -0.25) is 9.88 Å². The number of pyridine rings is 1. The average molecular weight is 435 g/mol. The molecule has 7 heteroatoms. The number of benzene rings is 2. The molecule has 0 aliphatic rings. The molecule has 1 unspecified atom stereocenters. The molecule has 0 aliphatic carbocycles. The molecule has 1 atom stereocenters. The molecule has 0 amide bonds. The van der Waals surface area contributed by atoms with Gasteiger partial charge in [0.05, 0.1) is 16.9 Å². The van der Waals surface area contributed by atoms with Crippen LogP contribution in [0.4, 0.5) is 0 Å². The molecule has 0 bridgehead atoms. The highest BCUT2D eigenvalue weighted by Crippen LogP contribution is 2.31. The van der Waals surface area contributed by atoms with Gasteiger partial charge in [-0.05, 0) is 37.7 Å². The zero-order valence-electron chi connectivity index (χ0n) is 18.0. The van der Waals surface area contributed by atoms with Crippen molar-refractivity contribution in [2.75, 3.05) is 26.5 Å². The van der Waals surface area contributed by atoms with Crippen molar-refractivity contribution in [1.82, 2.24) is 18.8 Å². The highest BCUT2D eigenvalue weighted by molar-refractivity contribution is 7.89. The van der Waals surface area contributed by atoms with Gasteiger partial charge in [0.2, 0.25) is 5.82 Å². The fourth-order valence-electron chi connectivity index (χ4n) is 3.60. The van der Waals surface area contributed by atoms with Gasteiger partial charge in [0.15, 0.2) is 0 Å². The Morgan fingerprint density at radius 2 is 1.81 bits per heavy atom. The Labute approximate surface area is 185 Å². The van der Waals surface area contributed by atoms with Crippen LogP contribution in [-0.2, 0) is 17.9 Å². The van der Waals surface area contributed by atoms with Crippen molar-refractivity contribution in [3.05, 3.63) is 78.0 Å². The van der Waals surface area contributed by atoms with E-state index in [2.05, 4.69) is 41.2 Å². The lowest BCUT2D eigenvalue weighted by Gasteiger charge is -2.18. The number of para-hydroxylation sites is 2. The molecule has 0 saturated heterocycles. The first kappa shape index (κ1) is 21.4. The Kier molecular flexibility index (Phi) is 6.56. The van der Waals surface area contributed by atoms with E-state index in [-0.39, 0.29) is 0 Å². The van der Waals surface area contributed by atoms with Gasteiger partial charge in [-0.25, -0.2) is 4.98 Å². The molecule has 0 saturated carbocycles. The summed E-state index contributed by atoms with van der Waals surface area (Å²) < 4.78 is 20.3. The van der Waals surface area contributed by atoms with E-state index in [1.165, 1.54) is 5.56 Å². The van der Waals surface area contributed by atoms with E-state index in [0.29, 0.717) is 18.1 Å². The molecular formula is C24H26N4O2S. The number of aromatic nitrogens is 3. The van der Waals surface area contributed by atoms with Gasteiger partial charge in [0, 0.05) is 24.8 Å². The molecule has 2 aromatic carbocycles. The maximum atomic E-state index is 12.5. The molecule has 2 aromatic heterocycles. The van der Waals surface area contributed by atoms with E-state index in [1.807, 2.05) is 43.3 Å². The second-order valence-electron chi connectivity index (χ2n) is 7.50. The van der Waals surface area contributed by atoms with Crippen LogP contribution >= 0.6 is 0 Å². The van der Waals surface area contributed by atoms with Crippen LogP contribution in [0, 0.1) is 6.92 Å². The molecule has 0 radical (unpaired) electrons. The lowest BCUT2D eigenvalue weighted by Crippen LogP contribution is -2.24. The molecule has 6 nitrogen and oxygen atoms in total. The molecule has 160 valence electrons. The first-order valence-electron chi connectivity index (χ1n) is 10.2. The van der Waals surface area contributed by atoms with Crippen molar-refractivity contribution in [2.45, 2.75) is 13.5 Å². The molecule has 0 N–H and O–H groups in total. The molecule has 0 spiro atoms. The molecule has 31 heavy (non-hydrogen) atoms. The zero-order chi connectivity index (χ0) is 21.8. The fraction of sp³-hybridized carbons (Fsp3) is 0.250. The van der Waals surface area contributed by atoms with Gasteiger partial charge in [-0.1, -0.05) is 42.5 Å². The summed E-state index contributed by atoms with van der Waals surface area (Å²) in [5, 5.41) is 0. The number of hydrogen-bond donors (Lipinski definition) is 0. The number of likely N-dealkylation sites (N-methyl/N-ethyl adjacent to an activating group) is 1. The van der Waals surface area contributed by atoms with Crippen molar-refractivity contribution in [2.24, 2.45) is 0 Å². The summed E-state index contributed by atoms with van der Waals surface area (Å²) in [4.78, 5) is 11.5. The molecule has 4 rings (SSSR count). The molecular weight excluding hydrogens is 408 g/mol. The van der Waals surface area contributed by atoms with E-state index >= 15 is 0 Å². The second kappa shape index (κ2) is 9.51. The summed E-state index contributed by atoms with van der Waals surface area (Å²) in [5.41, 5.74) is 4.46. The van der Waals surface area contributed by atoms with Crippen LogP contribution in [-0.4, -0.2) is 49.8 Å². The Hall–Kier alpha value is -2.87. The number of fused-ring (bicyclic) bond motifs is 1. The maximum absolute atomic E-state index is 12.5. The van der Waals surface area contributed by atoms with E-state index in [1.54, 1.807) is 16.4 Å². The molecule has 4 aromatic rings. The van der Waals surface area contributed by atoms with E-state index in [4.69, 9.17) is 9.72 Å². The van der Waals surface area contributed by atoms with Crippen LogP contribution in [0.2, 0.25) is 0 Å². The van der Waals surface area contributed by atoms with E-state index in [0.717, 1.165) is 35.4 Å². The number of hydrogen-bond acceptors (Lipinski definition) is 5. The van der Waals surface area contributed by atoms with Gasteiger partial charge in [-0.15, -0.1) is 3.97 Å². The van der Waals surface area contributed by atoms with Gasteiger partial charge >= 0.3 is 0 Å². The summed E-state index contributed by atoms with van der Waals surface area (Å²) in [6.45, 7) is 4.19. The normalized spacial score (nSPS) is 12.4. The topological polar surface area (TPSA) is 66.2 Å². The highest BCUT2D eigenvalue weighted by atomic mass is 32.2. The lowest BCUT2D eigenvalue weighted by atomic mass is 10.2. The van der Waals surface area contributed by atoms with Crippen LogP contribution in [0.1, 0.15) is 11.1 Å². The van der Waals surface area contributed by atoms with Crippen molar-refractivity contribution >= 4 is 22.4 Å². The predicted octanol–water partition coefficient (Wildman–Crippen LogP) is 4.06. The van der Waals surface area contributed by atoms with Gasteiger partial charge in [-0.2, -0.15) is 0 Å². The summed E-state index contributed by atoms with van der Waals surface area (Å²) in [6, 6.07) is 19.9. The number of ether oxygens (including phenoxy) is 1. The predicted molar refractivity (Wildman–Crippen MR) is 125 cm³/mol. The quantitative estimate of drug-likeness (QED) is 0.391. The van der Waals surface area contributed by atoms with Gasteiger partial charge < -0.3 is 9.29 Å². The molecule has 2 heterocycles. The maximum Gasteiger partial charge on any atom is 0.206 e. The number of rotatable bonds is 8. The third kappa shape index (κ3) is 4.74. The van der Waals surface area contributed by atoms with Crippen molar-refractivity contribution < 1.29 is 9.29 Å². The highest BCUT2D eigenvalue weighted by Gasteiger charge is 2.22. The molecule has 0 aliphatic heterocycles. The Balaban J connectivity index is 1.51. The average Bonchev–Trinajstić information content (AvgIpc) is 3.15. The zero-order valence-corrected chi connectivity index (χ0v) is 18.8. The largest absolute Gasteiger partial charge is 0.593 e. The van der Waals surface area contributed by atoms with Crippen LogP contribution in [0.15, 0.2) is 66.9 Å². The van der Waals surface area contributed by atoms with Crippen molar-refractivity contribution in [3.8, 4) is 17.3 Å². The summed E-state index contributed by atoms with van der Waals surface area (Å²) in [7, 11) is 2.08. The third-order valence-electron chi connectivity index (χ3n) is 5.17. The van der Waals surface area contributed by atoms with E-state index < -0.39 is 11.4 Å². The third-order valence-corrected chi connectivity index (χ3v) is 6.05. The van der Waals surface area contributed by atoms with E-state index in [9.17, 15) is 4.55 Å². The fourth-order valence-corrected chi connectivity index (χ4v) is 4.40. The minimum atomic E-state index is -1.26. The Bertz CT molecular complexity index is 1160. The molecule has 0 fully saturated rings. The summed E-state index contributed by atoms with van der Waals surface area (Å²) in [6.07, 6.45) is 3.36. The van der Waals surface area contributed by atoms with Gasteiger partial charge in [0.25, 0.3) is 0 Å². The summed E-state index contributed by atoms with van der Waals surface area (Å²) in [5.74, 6) is 1.35. The first-order valence-corrected chi connectivity index (χ1v) is 11.7. The van der Waals surface area contributed by atoms with Crippen LogP contribution in [0.5, 0.6) is 5.75 Å². The van der Waals surface area contributed by atoms with Crippen LogP contribution < -0.4 is 4.74 Å². The van der Waals surface area contributed by atoms with Crippen molar-refractivity contribution in [1.29, 1.82) is 0 Å². The van der Waals surface area contributed by atoms with Crippen molar-refractivity contribution in [3.63, 3.8) is 0 Å². The standard InChI is InChI=1S/C24H26N4O2S/c1-18-22(30-16-15-27(2)17-19-9-5-4-6-10-19)13-14-25-23(18)24-26-20-11-7-8-12-21(20)28(24)31(3)29/h4-14H,15-17H2,1-3H3. The van der Waals surface area contributed by atoms with Gasteiger partial charge in [0.1, 0.15) is 29.8 Å². The first-order chi connectivity index (χ1) is 15.0.